The van der Waals surface area contributed by atoms with Crippen LogP contribution in [0.3, 0.4) is 0 Å². The number of benzene rings is 3. The summed E-state index contributed by atoms with van der Waals surface area (Å²) in [6.07, 6.45) is 0. The van der Waals surface area contributed by atoms with E-state index in [1.54, 1.807) is 36.3 Å². The third-order valence-electron chi connectivity index (χ3n) is 3.90. The topological polar surface area (TPSA) is 29.5 Å². The Morgan fingerprint density at radius 2 is 1.56 bits per heavy atom. The van der Waals surface area contributed by atoms with Crippen LogP contribution < -0.4 is 9.64 Å². The van der Waals surface area contributed by atoms with Crippen LogP contribution in [0.2, 0.25) is 5.02 Å². The molecule has 0 aromatic heterocycles. The number of hydrogen-bond donors (Lipinski definition) is 0. The van der Waals surface area contributed by atoms with Gasteiger partial charge in [-0.15, -0.1) is 0 Å². The summed E-state index contributed by atoms with van der Waals surface area (Å²) in [5, 5.41) is 0.607. The summed E-state index contributed by atoms with van der Waals surface area (Å²) in [5.74, 6) is 0.674. The number of carbonyl (C=O) groups is 1. The number of methoxy groups -OCH3 is 1. The average Bonchev–Trinajstić information content (AvgIpc) is 2.67. The molecule has 3 nitrogen and oxygen atoms in total. The van der Waals surface area contributed by atoms with Gasteiger partial charge in [0, 0.05) is 16.3 Å². The molecule has 0 heterocycles. The van der Waals surface area contributed by atoms with E-state index in [0.717, 1.165) is 17.0 Å². The second-order valence-corrected chi connectivity index (χ2v) is 6.02. The van der Waals surface area contributed by atoms with Gasteiger partial charge in [-0.25, -0.2) is 0 Å². The summed E-state index contributed by atoms with van der Waals surface area (Å²) in [7, 11) is 1.62. The highest BCUT2D eigenvalue weighted by Crippen LogP contribution is 2.24. The van der Waals surface area contributed by atoms with Gasteiger partial charge in [-0.3, -0.25) is 4.79 Å². The van der Waals surface area contributed by atoms with Crippen molar-refractivity contribution in [2.75, 3.05) is 12.0 Å². The molecule has 3 aromatic carbocycles. The van der Waals surface area contributed by atoms with Crippen molar-refractivity contribution >= 4 is 23.2 Å². The first kappa shape index (κ1) is 17.1. The van der Waals surface area contributed by atoms with E-state index in [1.165, 1.54) is 0 Å². The predicted molar refractivity (Wildman–Crippen MR) is 101 cm³/mol. The molecule has 126 valence electrons. The van der Waals surface area contributed by atoms with Crippen LogP contribution in [0.4, 0.5) is 5.69 Å². The van der Waals surface area contributed by atoms with Crippen LogP contribution in [0, 0.1) is 0 Å². The first-order chi connectivity index (χ1) is 12.2. The zero-order chi connectivity index (χ0) is 17.6. The van der Waals surface area contributed by atoms with E-state index >= 15 is 0 Å². The molecule has 0 saturated heterocycles. The van der Waals surface area contributed by atoms with Crippen LogP contribution in [0.1, 0.15) is 15.9 Å². The Hall–Kier alpha value is -2.78. The SMILES string of the molecule is COc1ccc(N(Cc2ccccc2)C(=O)c2ccc(Cl)cc2)cc1. The number of ether oxygens (including phenoxy) is 1. The van der Waals surface area contributed by atoms with Gasteiger partial charge in [0.1, 0.15) is 5.75 Å². The van der Waals surface area contributed by atoms with Gasteiger partial charge in [0.15, 0.2) is 0 Å². The van der Waals surface area contributed by atoms with Crippen molar-refractivity contribution in [1.29, 1.82) is 0 Å². The molecule has 0 fully saturated rings. The third kappa shape index (κ3) is 4.20. The summed E-state index contributed by atoms with van der Waals surface area (Å²) < 4.78 is 5.21. The fraction of sp³-hybridized carbons (Fsp3) is 0.0952. The van der Waals surface area contributed by atoms with Crippen molar-refractivity contribution in [3.05, 3.63) is 95.0 Å². The zero-order valence-corrected chi connectivity index (χ0v) is 14.6. The Morgan fingerprint density at radius 3 is 2.16 bits per heavy atom. The van der Waals surface area contributed by atoms with Crippen molar-refractivity contribution in [2.24, 2.45) is 0 Å². The smallest absolute Gasteiger partial charge is 0.258 e. The molecule has 0 aliphatic heterocycles. The molecule has 0 aliphatic carbocycles. The Morgan fingerprint density at radius 1 is 0.920 bits per heavy atom. The Bertz CT molecular complexity index is 830. The summed E-state index contributed by atoms with van der Waals surface area (Å²) in [5.41, 5.74) is 2.46. The molecule has 4 heteroatoms. The number of nitrogens with zero attached hydrogens (tertiary/aromatic N) is 1. The first-order valence-corrected chi connectivity index (χ1v) is 8.30. The molecular formula is C21H18ClNO2. The van der Waals surface area contributed by atoms with Gasteiger partial charge in [-0.05, 0) is 54.1 Å². The molecule has 0 aliphatic rings. The predicted octanol–water partition coefficient (Wildman–Crippen LogP) is 5.20. The van der Waals surface area contributed by atoms with Crippen molar-refractivity contribution in [3.8, 4) is 5.75 Å². The van der Waals surface area contributed by atoms with E-state index in [9.17, 15) is 4.79 Å². The highest BCUT2D eigenvalue weighted by atomic mass is 35.5. The minimum absolute atomic E-state index is 0.0781. The molecule has 0 saturated carbocycles. The van der Waals surface area contributed by atoms with Crippen LogP contribution >= 0.6 is 11.6 Å². The van der Waals surface area contributed by atoms with Crippen molar-refractivity contribution in [1.82, 2.24) is 0 Å². The molecule has 0 spiro atoms. The molecule has 0 N–H and O–H groups in total. The van der Waals surface area contributed by atoms with Crippen LogP contribution in [0.5, 0.6) is 5.75 Å². The lowest BCUT2D eigenvalue weighted by molar-refractivity contribution is 0.0985. The van der Waals surface area contributed by atoms with Crippen LogP contribution in [0.25, 0.3) is 0 Å². The van der Waals surface area contributed by atoms with E-state index in [-0.39, 0.29) is 5.91 Å². The third-order valence-corrected chi connectivity index (χ3v) is 4.16. The Labute approximate surface area is 152 Å². The number of halogens is 1. The number of hydrogen-bond acceptors (Lipinski definition) is 2. The minimum Gasteiger partial charge on any atom is -0.497 e. The molecule has 0 atom stereocenters. The maximum atomic E-state index is 13.1. The Balaban J connectivity index is 1.95. The van der Waals surface area contributed by atoms with Gasteiger partial charge in [-0.1, -0.05) is 41.9 Å². The van der Waals surface area contributed by atoms with Crippen molar-refractivity contribution in [2.45, 2.75) is 6.54 Å². The molecular weight excluding hydrogens is 334 g/mol. The van der Waals surface area contributed by atoms with E-state index in [0.29, 0.717) is 17.1 Å². The largest absolute Gasteiger partial charge is 0.497 e. The van der Waals surface area contributed by atoms with Crippen LogP contribution in [0.15, 0.2) is 78.9 Å². The monoisotopic (exact) mass is 351 g/mol. The molecule has 3 aromatic rings. The van der Waals surface area contributed by atoms with E-state index < -0.39 is 0 Å². The number of carbonyl (C=O) groups excluding carboxylic acids is 1. The molecule has 0 bridgehead atoms. The van der Waals surface area contributed by atoms with Crippen LogP contribution in [-0.4, -0.2) is 13.0 Å². The standard InChI is InChI=1S/C21H18ClNO2/c1-25-20-13-11-19(12-14-20)23(15-16-5-3-2-4-6-16)21(24)17-7-9-18(22)10-8-17/h2-14H,15H2,1H3. The second-order valence-electron chi connectivity index (χ2n) is 5.58. The number of rotatable bonds is 5. The summed E-state index contributed by atoms with van der Waals surface area (Å²) in [6.45, 7) is 0.481. The van der Waals surface area contributed by atoms with Gasteiger partial charge < -0.3 is 9.64 Å². The van der Waals surface area contributed by atoms with Gasteiger partial charge >= 0.3 is 0 Å². The normalized spacial score (nSPS) is 10.3. The van der Waals surface area contributed by atoms with E-state index in [4.69, 9.17) is 16.3 Å². The lowest BCUT2D eigenvalue weighted by atomic mass is 10.1. The molecule has 1 amide bonds. The van der Waals surface area contributed by atoms with E-state index in [1.807, 2.05) is 54.6 Å². The number of anilines is 1. The quantitative estimate of drug-likeness (QED) is 0.632. The molecule has 25 heavy (non-hydrogen) atoms. The summed E-state index contributed by atoms with van der Waals surface area (Å²) >= 11 is 5.94. The lowest BCUT2D eigenvalue weighted by Crippen LogP contribution is -2.30. The summed E-state index contributed by atoms with van der Waals surface area (Å²) in [6, 6.07) is 24.3. The molecule has 0 unspecified atom stereocenters. The van der Waals surface area contributed by atoms with Gasteiger partial charge in [-0.2, -0.15) is 0 Å². The van der Waals surface area contributed by atoms with Gasteiger partial charge in [0.05, 0.1) is 13.7 Å². The fourth-order valence-electron chi connectivity index (χ4n) is 2.56. The summed E-state index contributed by atoms with van der Waals surface area (Å²) in [4.78, 5) is 14.8. The maximum absolute atomic E-state index is 13.1. The highest BCUT2D eigenvalue weighted by molar-refractivity contribution is 6.30. The van der Waals surface area contributed by atoms with Gasteiger partial charge in [0.2, 0.25) is 0 Å². The van der Waals surface area contributed by atoms with Crippen molar-refractivity contribution < 1.29 is 9.53 Å². The first-order valence-electron chi connectivity index (χ1n) is 7.93. The average molecular weight is 352 g/mol. The van der Waals surface area contributed by atoms with Crippen molar-refractivity contribution in [3.63, 3.8) is 0 Å². The Kier molecular flexibility index (Phi) is 5.36. The molecule has 3 rings (SSSR count). The lowest BCUT2D eigenvalue weighted by Gasteiger charge is -2.23. The van der Waals surface area contributed by atoms with Gasteiger partial charge in [0.25, 0.3) is 5.91 Å². The van der Waals surface area contributed by atoms with E-state index in [2.05, 4.69) is 0 Å². The maximum Gasteiger partial charge on any atom is 0.258 e. The van der Waals surface area contributed by atoms with Crippen LogP contribution in [-0.2, 0) is 6.54 Å². The fourth-order valence-corrected chi connectivity index (χ4v) is 2.68. The highest BCUT2D eigenvalue weighted by Gasteiger charge is 2.18. The zero-order valence-electron chi connectivity index (χ0n) is 13.9. The number of amides is 1. The molecule has 0 radical (unpaired) electrons. The second kappa shape index (κ2) is 7.86. The minimum atomic E-state index is -0.0781.